The van der Waals surface area contributed by atoms with Crippen LogP contribution in [0.4, 0.5) is 0 Å². The van der Waals surface area contributed by atoms with Crippen molar-refractivity contribution in [3.8, 4) is 5.75 Å². The summed E-state index contributed by atoms with van der Waals surface area (Å²) in [7, 11) is 0. The number of hydrogen-bond donors (Lipinski definition) is 1. The Morgan fingerprint density at radius 3 is 2.50 bits per heavy atom. The summed E-state index contributed by atoms with van der Waals surface area (Å²) in [6.45, 7) is 4.23. The van der Waals surface area contributed by atoms with Crippen molar-refractivity contribution in [2.24, 2.45) is 0 Å². The van der Waals surface area contributed by atoms with E-state index in [2.05, 4.69) is 26.0 Å². The number of phenols is 1. The molecule has 0 spiro atoms. The third kappa shape index (κ3) is 2.09. The first-order chi connectivity index (χ1) is 7.74. The standard InChI is InChI=1S/C15H22O/c1-3-12-10-9-11(2)14(15(12)16)13-7-5-4-6-8-13/h9-10,13,16H,3-8H2,1-2H3. The lowest BCUT2D eigenvalue weighted by atomic mass is 9.81. The fourth-order valence-electron chi connectivity index (χ4n) is 2.95. The Labute approximate surface area is 98.5 Å². The molecule has 1 aromatic rings. The highest BCUT2D eigenvalue weighted by atomic mass is 16.3. The van der Waals surface area contributed by atoms with Gasteiger partial charge < -0.3 is 5.11 Å². The van der Waals surface area contributed by atoms with Gasteiger partial charge in [-0.25, -0.2) is 0 Å². The van der Waals surface area contributed by atoms with Gasteiger partial charge in [0.25, 0.3) is 0 Å². The van der Waals surface area contributed by atoms with Crippen molar-refractivity contribution >= 4 is 0 Å². The zero-order valence-electron chi connectivity index (χ0n) is 10.4. The van der Waals surface area contributed by atoms with E-state index < -0.39 is 0 Å². The summed E-state index contributed by atoms with van der Waals surface area (Å²) in [6.07, 6.45) is 7.43. The molecule has 1 aromatic carbocycles. The molecule has 1 saturated carbocycles. The minimum atomic E-state index is 0.578. The molecule has 0 bridgehead atoms. The average molecular weight is 218 g/mol. The van der Waals surface area contributed by atoms with Crippen LogP contribution in [0, 0.1) is 6.92 Å². The molecule has 0 aromatic heterocycles. The van der Waals surface area contributed by atoms with Crippen LogP contribution >= 0.6 is 0 Å². The molecular formula is C15H22O. The van der Waals surface area contributed by atoms with Crippen LogP contribution in [0.15, 0.2) is 12.1 Å². The normalized spacial score (nSPS) is 17.6. The van der Waals surface area contributed by atoms with Gasteiger partial charge >= 0.3 is 0 Å². The molecule has 0 unspecified atom stereocenters. The second kappa shape index (κ2) is 4.90. The van der Waals surface area contributed by atoms with Gasteiger partial charge in [0, 0.05) is 5.56 Å². The van der Waals surface area contributed by atoms with Crippen LogP contribution in [0.25, 0.3) is 0 Å². The smallest absolute Gasteiger partial charge is 0.122 e. The van der Waals surface area contributed by atoms with Gasteiger partial charge in [0.15, 0.2) is 0 Å². The first-order valence-corrected chi connectivity index (χ1v) is 6.55. The molecular weight excluding hydrogens is 196 g/mol. The quantitative estimate of drug-likeness (QED) is 0.784. The van der Waals surface area contributed by atoms with E-state index in [9.17, 15) is 5.11 Å². The van der Waals surface area contributed by atoms with Crippen LogP contribution in [-0.4, -0.2) is 5.11 Å². The monoisotopic (exact) mass is 218 g/mol. The summed E-state index contributed by atoms with van der Waals surface area (Å²) in [6, 6.07) is 4.24. The van der Waals surface area contributed by atoms with Crippen LogP contribution < -0.4 is 0 Å². The van der Waals surface area contributed by atoms with E-state index in [-0.39, 0.29) is 0 Å². The molecule has 1 heteroatoms. The van der Waals surface area contributed by atoms with Crippen LogP contribution in [-0.2, 0) is 6.42 Å². The Hall–Kier alpha value is -0.980. The summed E-state index contributed by atoms with van der Waals surface area (Å²) in [5.74, 6) is 1.18. The highest BCUT2D eigenvalue weighted by molar-refractivity contribution is 5.47. The van der Waals surface area contributed by atoms with Crippen molar-refractivity contribution in [3.05, 3.63) is 28.8 Å². The average Bonchev–Trinajstić information content (AvgIpc) is 2.31. The second-order valence-electron chi connectivity index (χ2n) is 4.99. The molecule has 0 atom stereocenters. The van der Waals surface area contributed by atoms with Crippen LogP contribution in [0.3, 0.4) is 0 Å². The molecule has 0 saturated heterocycles. The van der Waals surface area contributed by atoms with E-state index in [1.165, 1.54) is 43.2 Å². The molecule has 0 radical (unpaired) electrons. The first-order valence-electron chi connectivity index (χ1n) is 6.55. The van der Waals surface area contributed by atoms with Crippen molar-refractivity contribution in [1.29, 1.82) is 0 Å². The largest absolute Gasteiger partial charge is 0.507 e. The lowest BCUT2D eigenvalue weighted by Crippen LogP contribution is -2.07. The fraction of sp³-hybridized carbons (Fsp3) is 0.600. The molecule has 16 heavy (non-hydrogen) atoms. The number of rotatable bonds is 2. The molecule has 1 fully saturated rings. The van der Waals surface area contributed by atoms with E-state index >= 15 is 0 Å². The number of aromatic hydroxyl groups is 1. The Morgan fingerprint density at radius 2 is 1.88 bits per heavy atom. The molecule has 2 rings (SSSR count). The van der Waals surface area contributed by atoms with Gasteiger partial charge in [-0.05, 0) is 43.2 Å². The third-order valence-electron chi connectivity index (χ3n) is 3.91. The number of phenolic OH excluding ortho intramolecular Hbond substituents is 1. The molecule has 0 heterocycles. The molecule has 0 aliphatic heterocycles. The zero-order chi connectivity index (χ0) is 11.5. The third-order valence-corrected chi connectivity index (χ3v) is 3.91. The van der Waals surface area contributed by atoms with Crippen LogP contribution in [0.2, 0.25) is 0 Å². The molecule has 88 valence electrons. The van der Waals surface area contributed by atoms with Crippen molar-refractivity contribution in [2.75, 3.05) is 0 Å². The maximum atomic E-state index is 10.3. The maximum Gasteiger partial charge on any atom is 0.122 e. The van der Waals surface area contributed by atoms with E-state index in [0.717, 1.165) is 12.0 Å². The van der Waals surface area contributed by atoms with Crippen molar-refractivity contribution in [2.45, 2.75) is 58.3 Å². The van der Waals surface area contributed by atoms with Gasteiger partial charge in [0.05, 0.1) is 0 Å². The summed E-state index contributed by atoms with van der Waals surface area (Å²) in [5, 5.41) is 10.3. The van der Waals surface area contributed by atoms with E-state index in [0.29, 0.717) is 11.7 Å². The Morgan fingerprint density at radius 1 is 1.19 bits per heavy atom. The molecule has 0 amide bonds. The predicted molar refractivity (Wildman–Crippen MR) is 68.0 cm³/mol. The van der Waals surface area contributed by atoms with E-state index in [1.807, 2.05) is 0 Å². The van der Waals surface area contributed by atoms with Crippen molar-refractivity contribution in [1.82, 2.24) is 0 Å². The Kier molecular flexibility index (Phi) is 3.52. The zero-order valence-corrected chi connectivity index (χ0v) is 10.4. The van der Waals surface area contributed by atoms with Gasteiger partial charge in [-0.2, -0.15) is 0 Å². The second-order valence-corrected chi connectivity index (χ2v) is 4.99. The highest BCUT2D eigenvalue weighted by Gasteiger charge is 2.21. The number of aryl methyl sites for hydroxylation is 2. The van der Waals surface area contributed by atoms with Crippen molar-refractivity contribution in [3.63, 3.8) is 0 Å². The molecule has 1 N–H and O–H groups in total. The van der Waals surface area contributed by atoms with Gasteiger partial charge in [0.2, 0.25) is 0 Å². The lowest BCUT2D eigenvalue weighted by molar-refractivity contribution is 0.410. The van der Waals surface area contributed by atoms with E-state index in [4.69, 9.17) is 0 Å². The Bertz CT molecular complexity index is 362. The van der Waals surface area contributed by atoms with Gasteiger partial charge in [0.1, 0.15) is 5.75 Å². The fourth-order valence-corrected chi connectivity index (χ4v) is 2.95. The number of hydrogen-bond acceptors (Lipinski definition) is 1. The van der Waals surface area contributed by atoms with Gasteiger partial charge in [-0.1, -0.05) is 38.3 Å². The van der Waals surface area contributed by atoms with Crippen LogP contribution in [0.1, 0.15) is 61.6 Å². The van der Waals surface area contributed by atoms with Crippen LogP contribution in [0.5, 0.6) is 5.75 Å². The lowest BCUT2D eigenvalue weighted by Gasteiger charge is -2.25. The Balaban J connectivity index is 2.37. The topological polar surface area (TPSA) is 20.2 Å². The van der Waals surface area contributed by atoms with Gasteiger partial charge in [-0.15, -0.1) is 0 Å². The minimum absolute atomic E-state index is 0.578. The summed E-state index contributed by atoms with van der Waals surface area (Å²) < 4.78 is 0. The summed E-state index contributed by atoms with van der Waals surface area (Å²) >= 11 is 0. The molecule has 1 aliphatic rings. The summed E-state index contributed by atoms with van der Waals surface area (Å²) in [4.78, 5) is 0. The van der Waals surface area contributed by atoms with Crippen molar-refractivity contribution < 1.29 is 5.11 Å². The molecule has 1 aliphatic carbocycles. The molecule has 1 nitrogen and oxygen atoms in total. The summed E-state index contributed by atoms with van der Waals surface area (Å²) in [5.41, 5.74) is 3.60. The predicted octanol–water partition coefficient (Wildman–Crippen LogP) is 4.31. The number of benzene rings is 1. The first kappa shape index (κ1) is 11.5. The maximum absolute atomic E-state index is 10.3. The van der Waals surface area contributed by atoms with E-state index in [1.54, 1.807) is 0 Å². The highest BCUT2D eigenvalue weighted by Crippen LogP contribution is 2.40. The SMILES string of the molecule is CCc1ccc(C)c(C2CCCCC2)c1O. The van der Waals surface area contributed by atoms with Gasteiger partial charge in [-0.3, -0.25) is 0 Å². The minimum Gasteiger partial charge on any atom is -0.507 e.